The van der Waals surface area contributed by atoms with Crippen molar-refractivity contribution in [1.82, 2.24) is 20.2 Å². The molecule has 0 aromatic carbocycles. The Labute approximate surface area is 109 Å². The number of hydrogen-bond donors (Lipinski definition) is 1. The number of aromatic nitrogens is 4. The van der Waals surface area contributed by atoms with E-state index >= 15 is 0 Å². The standard InChI is InChI=1S/C13H14N4O2/c1-19-11-7-6-10(16-17-11)12-14-9-5-3-2-4-8(9)13(18)15-12/h6-7H,2-5H2,1H3,(H,14,15,18). The Bertz CT molecular complexity index is 649. The molecule has 0 aliphatic heterocycles. The molecule has 0 spiro atoms. The number of ether oxygens (including phenoxy) is 1. The van der Waals surface area contributed by atoms with Gasteiger partial charge in [0, 0.05) is 11.6 Å². The first-order valence-corrected chi connectivity index (χ1v) is 6.28. The van der Waals surface area contributed by atoms with Crippen LogP contribution in [-0.4, -0.2) is 27.3 Å². The third-order valence-corrected chi connectivity index (χ3v) is 3.28. The van der Waals surface area contributed by atoms with Crippen LogP contribution in [0.1, 0.15) is 24.1 Å². The van der Waals surface area contributed by atoms with Gasteiger partial charge in [-0.3, -0.25) is 4.79 Å². The lowest BCUT2D eigenvalue weighted by Crippen LogP contribution is -2.21. The van der Waals surface area contributed by atoms with Gasteiger partial charge in [-0.15, -0.1) is 10.2 Å². The zero-order chi connectivity index (χ0) is 13.2. The van der Waals surface area contributed by atoms with Gasteiger partial charge in [0.25, 0.3) is 5.56 Å². The average Bonchev–Trinajstić information content (AvgIpc) is 2.47. The van der Waals surface area contributed by atoms with Gasteiger partial charge in [0.2, 0.25) is 5.88 Å². The SMILES string of the molecule is COc1ccc(-c2nc3c(c(=O)[nH]2)CCCC3)nn1. The second-order valence-electron chi connectivity index (χ2n) is 4.51. The molecule has 98 valence electrons. The second-order valence-corrected chi connectivity index (χ2v) is 4.51. The molecule has 0 fully saturated rings. The van der Waals surface area contributed by atoms with Crippen LogP contribution in [0.2, 0.25) is 0 Å². The van der Waals surface area contributed by atoms with E-state index in [0.29, 0.717) is 17.4 Å². The Morgan fingerprint density at radius 3 is 2.79 bits per heavy atom. The zero-order valence-electron chi connectivity index (χ0n) is 10.6. The number of aromatic amines is 1. The number of rotatable bonds is 2. The van der Waals surface area contributed by atoms with Crippen molar-refractivity contribution in [3.63, 3.8) is 0 Å². The van der Waals surface area contributed by atoms with Crippen molar-refractivity contribution in [3.05, 3.63) is 33.7 Å². The molecule has 1 aliphatic rings. The normalized spacial score (nSPS) is 13.9. The smallest absolute Gasteiger partial charge is 0.254 e. The van der Waals surface area contributed by atoms with Gasteiger partial charge in [0.1, 0.15) is 5.69 Å². The van der Waals surface area contributed by atoms with E-state index in [9.17, 15) is 4.79 Å². The highest BCUT2D eigenvalue weighted by Gasteiger charge is 2.16. The van der Waals surface area contributed by atoms with Crippen LogP contribution in [0.5, 0.6) is 5.88 Å². The van der Waals surface area contributed by atoms with Gasteiger partial charge >= 0.3 is 0 Å². The predicted octanol–water partition coefficient (Wildman–Crippen LogP) is 1.11. The number of fused-ring (bicyclic) bond motifs is 1. The minimum absolute atomic E-state index is 0.0580. The maximum absolute atomic E-state index is 12.0. The van der Waals surface area contributed by atoms with Gasteiger partial charge in [-0.1, -0.05) is 0 Å². The molecule has 19 heavy (non-hydrogen) atoms. The molecule has 2 aromatic rings. The summed E-state index contributed by atoms with van der Waals surface area (Å²) in [6.45, 7) is 0. The van der Waals surface area contributed by atoms with Crippen LogP contribution in [0.15, 0.2) is 16.9 Å². The fraction of sp³-hybridized carbons (Fsp3) is 0.385. The van der Waals surface area contributed by atoms with E-state index in [0.717, 1.165) is 36.9 Å². The van der Waals surface area contributed by atoms with Crippen molar-refractivity contribution in [2.45, 2.75) is 25.7 Å². The zero-order valence-corrected chi connectivity index (χ0v) is 10.6. The summed E-state index contributed by atoms with van der Waals surface area (Å²) in [5, 5.41) is 7.88. The highest BCUT2D eigenvalue weighted by atomic mass is 16.5. The lowest BCUT2D eigenvalue weighted by molar-refractivity contribution is 0.392. The number of nitrogens with one attached hydrogen (secondary N) is 1. The third kappa shape index (κ3) is 2.21. The van der Waals surface area contributed by atoms with E-state index in [-0.39, 0.29) is 5.56 Å². The summed E-state index contributed by atoms with van der Waals surface area (Å²) in [5.41, 5.74) is 2.20. The summed E-state index contributed by atoms with van der Waals surface area (Å²) in [7, 11) is 1.53. The quantitative estimate of drug-likeness (QED) is 0.872. The van der Waals surface area contributed by atoms with E-state index < -0.39 is 0 Å². The number of methoxy groups -OCH3 is 1. The Morgan fingerprint density at radius 1 is 1.21 bits per heavy atom. The van der Waals surface area contributed by atoms with Crippen molar-refractivity contribution < 1.29 is 4.74 Å². The summed E-state index contributed by atoms with van der Waals surface area (Å²) in [6.07, 6.45) is 3.80. The maximum atomic E-state index is 12.0. The van der Waals surface area contributed by atoms with Crippen molar-refractivity contribution in [2.75, 3.05) is 7.11 Å². The molecule has 0 atom stereocenters. The van der Waals surface area contributed by atoms with Crippen molar-refractivity contribution in [3.8, 4) is 17.4 Å². The van der Waals surface area contributed by atoms with Gasteiger partial charge < -0.3 is 9.72 Å². The van der Waals surface area contributed by atoms with Crippen molar-refractivity contribution in [1.29, 1.82) is 0 Å². The molecule has 0 bridgehead atoms. The molecule has 0 saturated carbocycles. The van der Waals surface area contributed by atoms with Crippen LogP contribution < -0.4 is 10.3 Å². The average molecular weight is 258 g/mol. The molecule has 6 heteroatoms. The van der Waals surface area contributed by atoms with E-state index in [1.54, 1.807) is 12.1 Å². The third-order valence-electron chi connectivity index (χ3n) is 3.28. The summed E-state index contributed by atoms with van der Waals surface area (Å²) in [4.78, 5) is 19.3. The highest BCUT2D eigenvalue weighted by molar-refractivity contribution is 5.49. The number of nitrogens with zero attached hydrogens (tertiary/aromatic N) is 3. The van der Waals surface area contributed by atoms with Gasteiger partial charge in [-0.2, -0.15) is 0 Å². The molecular weight excluding hydrogens is 244 g/mol. The van der Waals surface area contributed by atoms with Crippen LogP contribution >= 0.6 is 0 Å². The highest BCUT2D eigenvalue weighted by Crippen LogP contribution is 2.19. The fourth-order valence-corrected chi connectivity index (χ4v) is 2.28. The Kier molecular flexibility index (Phi) is 2.98. The molecule has 1 aliphatic carbocycles. The molecule has 1 N–H and O–H groups in total. The van der Waals surface area contributed by atoms with Gasteiger partial charge in [0.15, 0.2) is 5.82 Å². The van der Waals surface area contributed by atoms with Gasteiger partial charge in [-0.05, 0) is 31.7 Å². The minimum Gasteiger partial charge on any atom is -0.480 e. The number of hydrogen-bond acceptors (Lipinski definition) is 5. The van der Waals surface area contributed by atoms with E-state index in [4.69, 9.17) is 4.74 Å². The molecule has 6 nitrogen and oxygen atoms in total. The lowest BCUT2D eigenvalue weighted by atomic mass is 9.97. The first-order chi connectivity index (χ1) is 9.28. The molecule has 0 saturated heterocycles. The molecule has 3 rings (SSSR count). The van der Waals surface area contributed by atoms with Crippen LogP contribution in [0.4, 0.5) is 0 Å². The van der Waals surface area contributed by atoms with Gasteiger partial charge in [-0.25, -0.2) is 4.98 Å². The van der Waals surface area contributed by atoms with Crippen LogP contribution in [-0.2, 0) is 12.8 Å². The summed E-state index contributed by atoms with van der Waals surface area (Å²) < 4.78 is 4.95. The Morgan fingerprint density at radius 2 is 2.05 bits per heavy atom. The van der Waals surface area contributed by atoms with Crippen LogP contribution in [0.3, 0.4) is 0 Å². The molecule has 0 unspecified atom stereocenters. The Balaban J connectivity index is 2.05. The molecule has 2 aromatic heterocycles. The minimum atomic E-state index is -0.0580. The first-order valence-electron chi connectivity index (χ1n) is 6.28. The van der Waals surface area contributed by atoms with Gasteiger partial charge in [0.05, 0.1) is 12.8 Å². The van der Waals surface area contributed by atoms with E-state index in [1.807, 2.05) is 0 Å². The van der Waals surface area contributed by atoms with Crippen LogP contribution in [0, 0.1) is 0 Å². The van der Waals surface area contributed by atoms with Crippen molar-refractivity contribution in [2.24, 2.45) is 0 Å². The molecular formula is C13H14N4O2. The topological polar surface area (TPSA) is 80.8 Å². The molecule has 0 radical (unpaired) electrons. The predicted molar refractivity (Wildman–Crippen MR) is 69.1 cm³/mol. The number of aryl methyl sites for hydroxylation is 1. The number of H-pyrrole nitrogens is 1. The van der Waals surface area contributed by atoms with E-state index in [1.165, 1.54) is 7.11 Å². The largest absolute Gasteiger partial charge is 0.480 e. The molecule has 0 amide bonds. The second kappa shape index (κ2) is 4.79. The van der Waals surface area contributed by atoms with Crippen LogP contribution in [0.25, 0.3) is 11.5 Å². The first kappa shape index (κ1) is 11.8. The Hall–Kier alpha value is -2.24. The lowest BCUT2D eigenvalue weighted by Gasteiger charge is -2.14. The summed E-state index contributed by atoms with van der Waals surface area (Å²) in [6, 6.07) is 3.43. The fourth-order valence-electron chi connectivity index (χ4n) is 2.28. The monoisotopic (exact) mass is 258 g/mol. The molecule has 2 heterocycles. The maximum Gasteiger partial charge on any atom is 0.254 e. The van der Waals surface area contributed by atoms with E-state index in [2.05, 4.69) is 20.2 Å². The van der Waals surface area contributed by atoms with Crippen molar-refractivity contribution >= 4 is 0 Å². The summed E-state index contributed by atoms with van der Waals surface area (Å²) in [5.74, 6) is 0.907. The summed E-state index contributed by atoms with van der Waals surface area (Å²) >= 11 is 0.